The first kappa shape index (κ1) is 12.9. The smallest absolute Gasteiger partial charge is 0.104 e. The van der Waals surface area contributed by atoms with Crippen LogP contribution < -0.4 is 0 Å². The molecule has 1 fully saturated rings. The van der Waals surface area contributed by atoms with Crippen molar-refractivity contribution in [2.75, 3.05) is 0 Å². The molecule has 0 amide bonds. The van der Waals surface area contributed by atoms with Crippen molar-refractivity contribution >= 4 is 15.9 Å². The van der Waals surface area contributed by atoms with Crippen LogP contribution in [0.4, 0.5) is 0 Å². The van der Waals surface area contributed by atoms with Crippen LogP contribution in [0.25, 0.3) is 0 Å². The van der Waals surface area contributed by atoms with Crippen LogP contribution in [0.3, 0.4) is 0 Å². The van der Waals surface area contributed by atoms with E-state index in [2.05, 4.69) is 34.1 Å². The molecule has 1 nitrogen and oxygen atoms in total. The predicted molar refractivity (Wildman–Crippen MR) is 81.2 cm³/mol. The van der Waals surface area contributed by atoms with E-state index in [1.165, 1.54) is 24.8 Å². The van der Waals surface area contributed by atoms with Crippen molar-refractivity contribution in [1.29, 1.82) is 0 Å². The van der Waals surface area contributed by atoms with E-state index in [1.807, 2.05) is 30.3 Å². The van der Waals surface area contributed by atoms with Crippen LogP contribution in [0.5, 0.6) is 0 Å². The second kappa shape index (κ2) is 5.48. The van der Waals surface area contributed by atoms with Crippen LogP contribution >= 0.6 is 15.9 Å². The van der Waals surface area contributed by atoms with E-state index < -0.39 is 6.10 Å². The Morgan fingerprint density at radius 3 is 2.32 bits per heavy atom. The van der Waals surface area contributed by atoms with Gasteiger partial charge in [-0.15, -0.1) is 0 Å². The summed E-state index contributed by atoms with van der Waals surface area (Å²) >= 11 is 3.45. The van der Waals surface area contributed by atoms with Crippen molar-refractivity contribution in [3.05, 3.63) is 69.7 Å². The van der Waals surface area contributed by atoms with Gasteiger partial charge in [-0.25, -0.2) is 0 Å². The van der Waals surface area contributed by atoms with E-state index in [4.69, 9.17) is 0 Å². The Morgan fingerprint density at radius 2 is 1.68 bits per heavy atom. The van der Waals surface area contributed by atoms with Gasteiger partial charge in [0.05, 0.1) is 0 Å². The molecule has 0 spiro atoms. The number of rotatable bonds is 3. The molecule has 1 aliphatic carbocycles. The highest BCUT2D eigenvalue weighted by Gasteiger charge is 2.20. The zero-order valence-electron chi connectivity index (χ0n) is 10.7. The Labute approximate surface area is 122 Å². The number of halogens is 1. The maximum atomic E-state index is 10.5. The molecule has 2 aromatic rings. The van der Waals surface area contributed by atoms with Gasteiger partial charge in [0.1, 0.15) is 6.10 Å². The summed E-state index contributed by atoms with van der Waals surface area (Å²) in [6.07, 6.45) is 3.37. The van der Waals surface area contributed by atoms with Crippen LogP contribution in [0.1, 0.15) is 48.0 Å². The molecule has 19 heavy (non-hydrogen) atoms. The first-order valence-corrected chi connectivity index (χ1v) is 7.57. The first-order valence-electron chi connectivity index (χ1n) is 6.77. The number of hydrogen-bond acceptors (Lipinski definition) is 1. The lowest BCUT2D eigenvalue weighted by Gasteiger charge is -2.26. The van der Waals surface area contributed by atoms with E-state index in [0.29, 0.717) is 5.92 Å². The van der Waals surface area contributed by atoms with E-state index in [-0.39, 0.29) is 0 Å². The van der Waals surface area contributed by atoms with E-state index in [9.17, 15) is 5.11 Å². The van der Waals surface area contributed by atoms with Crippen LogP contribution in [0.2, 0.25) is 0 Å². The summed E-state index contributed by atoms with van der Waals surface area (Å²) < 4.78 is 0.999. The summed E-state index contributed by atoms with van der Waals surface area (Å²) in [7, 11) is 0. The van der Waals surface area contributed by atoms with Gasteiger partial charge in [0.15, 0.2) is 0 Å². The molecule has 1 N–H and O–H groups in total. The van der Waals surface area contributed by atoms with Crippen molar-refractivity contribution < 1.29 is 5.11 Å². The third-order valence-corrected chi connectivity index (χ3v) is 4.46. The third kappa shape index (κ3) is 2.75. The summed E-state index contributed by atoms with van der Waals surface area (Å²) in [4.78, 5) is 0. The topological polar surface area (TPSA) is 20.2 Å². The fourth-order valence-corrected chi connectivity index (χ4v) is 3.01. The average molecular weight is 317 g/mol. The highest BCUT2D eigenvalue weighted by molar-refractivity contribution is 9.10. The zero-order valence-corrected chi connectivity index (χ0v) is 12.3. The second-order valence-corrected chi connectivity index (χ2v) is 6.17. The fraction of sp³-hybridized carbons (Fsp3) is 0.294. The van der Waals surface area contributed by atoms with Gasteiger partial charge in [0.25, 0.3) is 0 Å². The van der Waals surface area contributed by atoms with Crippen molar-refractivity contribution in [3.63, 3.8) is 0 Å². The third-order valence-electron chi connectivity index (χ3n) is 3.97. The SMILES string of the molecule is OC(c1cccc(Br)c1)c1cccc(C2CCC2)c1. The highest BCUT2D eigenvalue weighted by atomic mass is 79.9. The van der Waals surface area contributed by atoms with Gasteiger partial charge < -0.3 is 5.11 Å². The summed E-state index contributed by atoms with van der Waals surface area (Å²) in [5, 5.41) is 10.5. The Hall–Kier alpha value is -1.12. The Kier molecular flexibility index (Phi) is 3.72. The van der Waals surface area contributed by atoms with E-state index in [1.54, 1.807) is 0 Å². The zero-order chi connectivity index (χ0) is 13.2. The minimum absolute atomic E-state index is 0.544. The van der Waals surface area contributed by atoms with Crippen molar-refractivity contribution in [1.82, 2.24) is 0 Å². The largest absolute Gasteiger partial charge is 0.384 e. The van der Waals surface area contributed by atoms with Gasteiger partial charge in [0, 0.05) is 4.47 Å². The summed E-state index contributed by atoms with van der Waals surface area (Å²) in [5.74, 6) is 0.703. The summed E-state index contributed by atoms with van der Waals surface area (Å²) in [5.41, 5.74) is 3.29. The Bertz CT molecular complexity index is 575. The van der Waals surface area contributed by atoms with Crippen molar-refractivity contribution in [3.8, 4) is 0 Å². The van der Waals surface area contributed by atoms with Crippen molar-refractivity contribution in [2.24, 2.45) is 0 Å². The van der Waals surface area contributed by atoms with Crippen molar-refractivity contribution in [2.45, 2.75) is 31.3 Å². The van der Waals surface area contributed by atoms with Gasteiger partial charge in [-0.05, 0) is 47.6 Å². The molecule has 2 heteroatoms. The second-order valence-electron chi connectivity index (χ2n) is 5.26. The van der Waals surface area contributed by atoms with E-state index in [0.717, 1.165) is 15.6 Å². The molecule has 2 aromatic carbocycles. The number of aliphatic hydroxyl groups is 1. The molecule has 3 rings (SSSR count). The predicted octanol–water partition coefficient (Wildman–Crippen LogP) is 4.80. The molecule has 0 saturated heterocycles. The van der Waals surface area contributed by atoms with Gasteiger partial charge in [-0.3, -0.25) is 0 Å². The molecule has 0 bridgehead atoms. The molecule has 98 valence electrons. The molecule has 0 heterocycles. The van der Waals surface area contributed by atoms with Crippen LogP contribution in [0, 0.1) is 0 Å². The standard InChI is InChI=1S/C17H17BrO/c18-16-9-3-8-15(11-16)17(19)14-7-2-6-13(10-14)12-4-1-5-12/h2-3,6-12,17,19H,1,4-5H2. The van der Waals surface area contributed by atoms with Gasteiger partial charge in [-0.2, -0.15) is 0 Å². The lowest BCUT2D eigenvalue weighted by Crippen LogP contribution is -2.09. The van der Waals surface area contributed by atoms with Crippen LogP contribution in [-0.2, 0) is 0 Å². The number of benzene rings is 2. The van der Waals surface area contributed by atoms with Gasteiger partial charge in [-0.1, -0.05) is 58.7 Å². The normalized spacial score (nSPS) is 16.9. The highest BCUT2D eigenvalue weighted by Crippen LogP contribution is 2.37. The summed E-state index contributed by atoms with van der Waals surface area (Å²) in [6, 6.07) is 16.3. The molecule has 0 aliphatic heterocycles. The molecular weight excluding hydrogens is 300 g/mol. The molecule has 1 unspecified atom stereocenters. The van der Waals surface area contributed by atoms with Crippen LogP contribution in [0.15, 0.2) is 53.0 Å². The lowest BCUT2D eigenvalue weighted by atomic mass is 9.79. The average Bonchev–Trinajstić information content (AvgIpc) is 2.36. The molecule has 1 atom stereocenters. The monoisotopic (exact) mass is 316 g/mol. The van der Waals surface area contributed by atoms with Gasteiger partial charge in [0.2, 0.25) is 0 Å². The fourth-order valence-electron chi connectivity index (χ4n) is 2.59. The Morgan fingerprint density at radius 1 is 1.00 bits per heavy atom. The minimum Gasteiger partial charge on any atom is -0.384 e. The molecule has 0 radical (unpaired) electrons. The molecule has 1 saturated carbocycles. The quantitative estimate of drug-likeness (QED) is 0.862. The molecular formula is C17H17BrO. The maximum Gasteiger partial charge on any atom is 0.104 e. The Balaban J connectivity index is 1.88. The molecule has 0 aromatic heterocycles. The molecule has 1 aliphatic rings. The van der Waals surface area contributed by atoms with Gasteiger partial charge >= 0.3 is 0 Å². The first-order chi connectivity index (χ1) is 9.24. The maximum absolute atomic E-state index is 10.5. The van der Waals surface area contributed by atoms with Crippen LogP contribution in [-0.4, -0.2) is 5.11 Å². The number of aliphatic hydroxyl groups excluding tert-OH is 1. The minimum atomic E-state index is -0.544. The number of hydrogen-bond donors (Lipinski definition) is 1. The lowest BCUT2D eigenvalue weighted by molar-refractivity contribution is 0.220. The van der Waals surface area contributed by atoms with E-state index >= 15 is 0 Å². The summed E-state index contributed by atoms with van der Waals surface area (Å²) in [6.45, 7) is 0.